The third kappa shape index (κ3) is 3.63. The lowest BCUT2D eigenvalue weighted by Gasteiger charge is -2.22. The first kappa shape index (κ1) is 18.6. The smallest absolute Gasteiger partial charge is 0.240 e. The summed E-state index contributed by atoms with van der Waals surface area (Å²) in [5, 5.41) is 0. The Kier molecular flexibility index (Phi) is 4.86. The van der Waals surface area contributed by atoms with Crippen molar-refractivity contribution in [2.24, 2.45) is 0 Å². The van der Waals surface area contributed by atoms with Gasteiger partial charge in [0.2, 0.25) is 15.9 Å². The first-order valence-corrected chi connectivity index (χ1v) is 10.3. The normalized spacial score (nSPS) is 19.0. The summed E-state index contributed by atoms with van der Waals surface area (Å²) in [4.78, 5) is 14.1. The Bertz CT molecular complexity index is 990. The number of ether oxygens (including phenoxy) is 3. The standard InChI is InChI=1S/C19H20N2O6S/c1-25-15-3-5-16(6-4-15)28(23,24)20-13-10-19(22)21(12-13)14-2-7-17-18(11-14)27-9-8-26-17/h2-7,11,13,20H,8-10,12H2,1H3/t13-/m1/s1. The summed E-state index contributed by atoms with van der Waals surface area (Å²) in [5.41, 5.74) is 0.653. The minimum absolute atomic E-state index is 0.0871. The molecule has 2 aromatic rings. The van der Waals surface area contributed by atoms with E-state index in [1.165, 1.54) is 19.2 Å². The van der Waals surface area contributed by atoms with Crippen LogP contribution in [0.5, 0.6) is 17.2 Å². The van der Waals surface area contributed by atoms with E-state index in [-0.39, 0.29) is 23.8 Å². The maximum absolute atomic E-state index is 12.6. The monoisotopic (exact) mass is 404 g/mol. The molecular formula is C19H20N2O6S. The van der Waals surface area contributed by atoms with Crippen LogP contribution in [-0.4, -0.2) is 47.2 Å². The quantitative estimate of drug-likeness (QED) is 0.813. The van der Waals surface area contributed by atoms with Gasteiger partial charge in [-0.2, -0.15) is 0 Å². The summed E-state index contributed by atoms with van der Waals surface area (Å²) in [5.74, 6) is 1.64. The van der Waals surface area contributed by atoms with Gasteiger partial charge in [-0.25, -0.2) is 13.1 Å². The molecule has 8 nitrogen and oxygen atoms in total. The van der Waals surface area contributed by atoms with E-state index in [9.17, 15) is 13.2 Å². The van der Waals surface area contributed by atoms with Crippen molar-refractivity contribution >= 4 is 21.6 Å². The molecule has 2 aliphatic heterocycles. The Morgan fingerprint density at radius 2 is 1.79 bits per heavy atom. The summed E-state index contributed by atoms with van der Waals surface area (Å²) in [7, 11) is -2.23. The Morgan fingerprint density at radius 1 is 1.07 bits per heavy atom. The first-order valence-electron chi connectivity index (χ1n) is 8.83. The Balaban J connectivity index is 1.48. The number of benzene rings is 2. The average Bonchev–Trinajstić information content (AvgIpc) is 3.07. The highest BCUT2D eigenvalue weighted by Gasteiger charge is 2.34. The lowest BCUT2D eigenvalue weighted by molar-refractivity contribution is -0.117. The number of nitrogens with zero attached hydrogens (tertiary/aromatic N) is 1. The van der Waals surface area contributed by atoms with Crippen molar-refractivity contribution < 1.29 is 27.4 Å². The van der Waals surface area contributed by atoms with Gasteiger partial charge in [0.1, 0.15) is 19.0 Å². The molecule has 0 aliphatic carbocycles. The summed E-state index contributed by atoms with van der Waals surface area (Å²) >= 11 is 0. The van der Waals surface area contributed by atoms with Gasteiger partial charge in [-0.15, -0.1) is 0 Å². The molecule has 0 saturated carbocycles. The Labute approximate surface area is 163 Å². The fraction of sp³-hybridized carbons (Fsp3) is 0.316. The highest BCUT2D eigenvalue weighted by molar-refractivity contribution is 7.89. The third-order valence-corrected chi connectivity index (χ3v) is 6.19. The number of fused-ring (bicyclic) bond motifs is 1. The fourth-order valence-corrected chi connectivity index (χ4v) is 4.51. The number of carbonyl (C=O) groups excluding carboxylic acids is 1. The second-order valence-electron chi connectivity index (χ2n) is 6.53. The molecule has 2 aliphatic rings. The number of methoxy groups -OCH3 is 1. The average molecular weight is 404 g/mol. The molecule has 1 N–H and O–H groups in total. The van der Waals surface area contributed by atoms with Crippen LogP contribution in [0.2, 0.25) is 0 Å². The second-order valence-corrected chi connectivity index (χ2v) is 8.24. The maximum atomic E-state index is 12.6. The zero-order valence-corrected chi connectivity index (χ0v) is 16.1. The van der Waals surface area contributed by atoms with Crippen LogP contribution in [0.15, 0.2) is 47.4 Å². The SMILES string of the molecule is COc1ccc(S(=O)(=O)N[C@@H]2CC(=O)N(c3ccc4c(c3)OCCO4)C2)cc1. The summed E-state index contributed by atoms with van der Waals surface area (Å²) in [6.45, 7) is 1.19. The van der Waals surface area contributed by atoms with Crippen LogP contribution in [0.1, 0.15) is 6.42 Å². The van der Waals surface area contributed by atoms with Crippen LogP contribution in [-0.2, 0) is 14.8 Å². The van der Waals surface area contributed by atoms with Crippen molar-refractivity contribution in [3.63, 3.8) is 0 Å². The number of anilines is 1. The number of rotatable bonds is 5. The van der Waals surface area contributed by atoms with E-state index >= 15 is 0 Å². The number of hydrogen-bond donors (Lipinski definition) is 1. The molecule has 2 heterocycles. The number of nitrogens with one attached hydrogen (secondary N) is 1. The largest absolute Gasteiger partial charge is 0.497 e. The van der Waals surface area contributed by atoms with Gasteiger partial charge in [0, 0.05) is 30.8 Å². The van der Waals surface area contributed by atoms with Gasteiger partial charge in [0.25, 0.3) is 0 Å². The van der Waals surface area contributed by atoms with Crippen LogP contribution in [0, 0.1) is 0 Å². The Hall–Kier alpha value is -2.78. The minimum atomic E-state index is -3.74. The van der Waals surface area contributed by atoms with Crippen molar-refractivity contribution in [1.29, 1.82) is 0 Å². The van der Waals surface area contributed by atoms with Crippen molar-refractivity contribution in [3.8, 4) is 17.2 Å². The van der Waals surface area contributed by atoms with E-state index in [0.29, 0.717) is 36.1 Å². The maximum Gasteiger partial charge on any atom is 0.240 e. The molecule has 1 atom stereocenters. The van der Waals surface area contributed by atoms with Crippen LogP contribution in [0.25, 0.3) is 0 Å². The molecule has 0 aromatic heterocycles. The number of hydrogen-bond acceptors (Lipinski definition) is 6. The number of amides is 1. The minimum Gasteiger partial charge on any atom is -0.497 e. The van der Waals surface area contributed by atoms with E-state index in [4.69, 9.17) is 14.2 Å². The highest BCUT2D eigenvalue weighted by Crippen LogP contribution is 2.35. The lowest BCUT2D eigenvalue weighted by atomic mass is 10.2. The predicted octanol–water partition coefficient (Wildman–Crippen LogP) is 1.55. The zero-order chi connectivity index (χ0) is 19.7. The zero-order valence-electron chi connectivity index (χ0n) is 15.3. The van der Waals surface area contributed by atoms with Gasteiger partial charge in [-0.1, -0.05) is 0 Å². The molecule has 28 heavy (non-hydrogen) atoms. The molecule has 9 heteroatoms. The van der Waals surface area contributed by atoms with Crippen molar-refractivity contribution in [1.82, 2.24) is 4.72 Å². The van der Waals surface area contributed by atoms with Crippen molar-refractivity contribution in [2.75, 3.05) is 31.8 Å². The summed E-state index contributed by atoms with van der Waals surface area (Å²) < 4.78 is 43.9. The molecule has 2 aromatic carbocycles. The lowest BCUT2D eigenvalue weighted by Crippen LogP contribution is -2.37. The summed E-state index contributed by atoms with van der Waals surface area (Å²) in [6.07, 6.45) is 0.0871. The molecule has 4 rings (SSSR count). The summed E-state index contributed by atoms with van der Waals surface area (Å²) in [6, 6.07) is 10.8. The molecule has 0 unspecified atom stereocenters. The van der Waals surface area contributed by atoms with Gasteiger partial charge < -0.3 is 19.1 Å². The highest BCUT2D eigenvalue weighted by atomic mass is 32.2. The topological polar surface area (TPSA) is 94.2 Å². The molecular weight excluding hydrogens is 384 g/mol. The van der Waals surface area contributed by atoms with Crippen molar-refractivity contribution in [3.05, 3.63) is 42.5 Å². The molecule has 1 amide bonds. The molecule has 148 valence electrons. The van der Waals surface area contributed by atoms with E-state index in [1.54, 1.807) is 35.2 Å². The fourth-order valence-electron chi connectivity index (χ4n) is 3.28. The van der Waals surface area contributed by atoms with E-state index in [1.807, 2.05) is 0 Å². The molecule has 0 bridgehead atoms. The van der Waals surface area contributed by atoms with E-state index in [2.05, 4.69) is 4.72 Å². The van der Waals surface area contributed by atoms with Gasteiger partial charge >= 0.3 is 0 Å². The molecule has 1 fully saturated rings. The van der Waals surface area contributed by atoms with Gasteiger partial charge in [0.15, 0.2) is 11.5 Å². The number of sulfonamides is 1. The van der Waals surface area contributed by atoms with Gasteiger partial charge in [-0.3, -0.25) is 4.79 Å². The van der Waals surface area contributed by atoms with Gasteiger partial charge in [0.05, 0.1) is 12.0 Å². The predicted molar refractivity (Wildman–Crippen MR) is 102 cm³/mol. The number of carbonyl (C=O) groups is 1. The second kappa shape index (κ2) is 7.33. The van der Waals surface area contributed by atoms with Crippen LogP contribution < -0.4 is 23.8 Å². The third-order valence-electron chi connectivity index (χ3n) is 4.65. The molecule has 1 saturated heterocycles. The van der Waals surface area contributed by atoms with E-state index < -0.39 is 16.1 Å². The molecule has 0 radical (unpaired) electrons. The first-order chi connectivity index (χ1) is 13.5. The Morgan fingerprint density at radius 3 is 2.50 bits per heavy atom. The van der Waals surface area contributed by atoms with Gasteiger partial charge in [-0.05, 0) is 36.4 Å². The van der Waals surface area contributed by atoms with Crippen LogP contribution in [0.4, 0.5) is 5.69 Å². The van der Waals surface area contributed by atoms with E-state index in [0.717, 1.165) is 0 Å². The van der Waals surface area contributed by atoms with Crippen LogP contribution in [0.3, 0.4) is 0 Å². The van der Waals surface area contributed by atoms with Crippen LogP contribution >= 0.6 is 0 Å². The molecule has 0 spiro atoms. The van der Waals surface area contributed by atoms with Crippen molar-refractivity contribution in [2.45, 2.75) is 17.4 Å².